The Hall–Kier alpha value is -1.25. The molecule has 3 nitrogen and oxygen atoms in total. The molecule has 1 fully saturated rings. The number of aromatic nitrogens is 1. The van der Waals surface area contributed by atoms with E-state index in [1.165, 1.54) is 24.1 Å². The van der Waals surface area contributed by atoms with Crippen molar-refractivity contribution in [3.63, 3.8) is 0 Å². The summed E-state index contributed by atoms with van der Waals surface area (Å²) in [5.41, 5.74) is 3.94. The minimum atomic E-state index is -0.646. The van der Waals surface area contributed by atoms with Gasteiger partial charge in [0.25, 0.3) is 0 Å². The fourth-order valence-corrected chi connectivity index (χ4v) is 2.64. The van der Waals surface area contributed by atoms with Crippen LogP contribution in [0.5, 0.6) is 0 Å². The Bertz CT molecular complexity index is 384. The molecule has 0 aromatic carbocycles. The fourth-order valence-electron chi connectivity index (χ4n) is 2.64. The second kappa shape index (κ2) is 3.12. The first-order chi connectivity index (χ1) is 7.25. The minimum absolute atomic E-state index is 0.134. The third kappa shape index (κ3) is 1.46. The molecule has 2 aliphatic carbocycles. The van der Waals surface area contributed by atoms with Gasteiger partial charge in [0.2, 0.25) is 0 Å². The highest BCUT2D eigenvalue weighted by Gasteiger charge is 2.45. The molecule has 0 saturated heterocycles. The van der Waals surface area contributed by atoms with Crippen LogP contribution in [0.3, 0.4) is 0 Å². The summed E-state index contributed by atoms with van der Waals surface area (Å²) in [5.74, 6) is -0.522. The van der Waals surface area contributed by atoms with Crippen LogP contribution >= 0.6 is 0 Å². The number of hydrogen-bond acceptors (Lipinski definition) is 1. The van der Waals surface area contributed by atoms with Crippen molar-refractivity contribution < 1.29 is 9.90 Å². The Labute approximate surface area is 88.5 Å². The smallest absolute Gasteiger partial charge is 0.307 e. The van der Waals surface area contributed by atoms with Crippen LogP contribution in [0.15, 0.2) is 6.07 Å². The van der Waals surface area contributed by atoms with Gasteiger partial charge >= 0.3 is 5.97 Å². The second-order valence-corrected chi connectivity index (χ2v) is 4.72. The van der Waals surface area contributed by atoms with Crippen LogP contribution in [0.25, 0.3) is 0 Å². The average Bonchev–Trinajstić information content (AvgIpc) is 2.91. The Morgan fingerprint density at radius 2 is 2.20 bits per heavy atom. The summed E-state index contributed by atoms with van der Waals surface area (Å²) in [6, 6.07) is 2.20. The van der Waals surface area contributed by atoms with E-state index in [1.807, 2.05) is 0 Å². The van der Waals surface area contributed by atoms with Crippen molar-refractivity contribution in [3.05, 3.63) is 23.0 Å². The predicted molar refractivity (Wildman–Crippen MR) is 55.9 cm³/mol. The molecule has 1 aromatic heterocycles. The Morgan fingerprint density at radius 1 is 1.40 bits per heavy atom. The van der Waals surface area contributed by atoms with Gasteiger partial charge in [0.15, 0.2) is 0 Å². The zero-order valence-electron chi connectivity index (χ0n) is 8.62. The lowest BCUT2D eigenvalue weighted by Crippen LogP contribution is -2.00. The molecule has 1 saturated carbocycles. The number of carboxylic acids is 1. The summed E-state index contributed by atoms with van der Waals surface area (Å²) in [4.78, 5) is 14.2. The number of hydrogen-bond donors (Lipinski definition) is 2. The summed E-state index contributed by atoms with van der Waals surface area (Å²) in [7, 11) is 0. The van der Waals surface area contributed by atoms with E-state index < -0.39 is 5.97 Å². The molecule has 0 amide bonds. The van der Waals surface area contributed by atoms with E-state index in [0.717, 1.165) is 25.0 Å². The molecule has 0 aliphatic heterocycles. The van der Waals surface area contributed by atoms with Crippen LogP contribution in [0.1, 0.15) is 42.1 Å². The van der Waals surface area contributed by atoms with Gasteiger partial charge in [-0.3, -0.25) is 4.79 Å². The zero-order valence-corrected chi connectivity index (χ0v) is 8.62. The van der Waals surface area contributed by atoms with Crippen molar-refractivity contribution in [3.8, 4) is 0 Å². The molecule has 0 unspecified atom stereocenters. The van der Waals surface area contributed by atoms with Crippen LogP contribution in [0.4, 0.5) is 0 Å². The van der Waals surface area contributed by atoms with E-state index in [4.69, 9.17) is 5.11 Å². The monoisotopic (exact) mass is 205 g/mol. The molecule has 1 heterocycles. The van der Waals surface area contributed by atoms with Crippen molar-refractivity contribution in [2.45, 2.75) is 38.0 Å². The van der Waals surface area contributed by atoms with Crippen LogP contribution in [0.2, 0.25) is 0 Å². The number of carbonyl (C=O) groups is 1. The summed E-state index contributed by atoms with van der Waals surface area (Å²) < 4.78 is 0. The highest BCUT2D eigenvalue weighted by molar-refractivity contribution is 5.75. The van der Waals surface area contributed by atoms with E-state index in [2.05, 4.69) is 11.1 Å². The second-order valence-electron chi connectivity index (χ2n) is 4.72. The molecule has 2 aliphatic rings. The molecule has 2 atom stereocenters. The molecule has 15 heavy (non-hydrogen) atoms. The molecular formula is C12H15NO2. The molecule has 0 radical (unpaired) electrons. The lowest BCUT2D eigenvalue weighted by Gasteiger charge is -2.09. The van der Waals surface area contributed by atoms with E-state index >= 15 is 0 Å². The van der Waals surface area contributed by atoms with Crippen LogP contribution < -0.4 is 0 Å². The van der Waals surface area contributed by atoms with Gasteiger partial charge in [0.1, 0.15) is 0 Å². The Morgan fingerprint density at radius 3 is 2.87 bits per heavy atom. The third-order valence-electron chi connectivity index (χ3n) is 3.64. The van der Waals surface area contributed by atoms with Gasteiger partial charge in [0.05, 0.1) is 5.92 Å². The number of carboxylic acid groups (broad SMARTS) is 1. The quantitative estimate of drug-likeness (QED) is 0.776. The number of nitrogens with one attached hydrogen (secondary N) is 1. The van der Waals surface area contributed by atoms with E-state index in [-0.39, 0.29) is 11.8 Å². The highest BCUT2D eigenvalue weighted by Crippen LogP contribution is 2.47. The highest BCUT2D eigenvalue weighted by atomic mass is 16.4. The SMILES string of the molecule is O=C(O)[C@@H]1C[C@H]1c1cc2c([nH]1)CCCC2. The van der Waals surface area contributed by atoms with Gasteiger partial charge in [-0.05, 0) is 43.7 Å². The topological polar surface area (TPSA) is 53.1 Å². The van der Waals surface area contributed by atoms with Crippen molar-refractivity contribution in [1.29, 1.82) is 0 Å². The molecule has 2 N–H and O–H groups in total. The van der Waals surface area contributed by atoms with E-state index in [1.54, 1.807) is 0 Å². The van der Waals surface area contributed by atoms with E-state index in [0.29, 0.717) is 0 Å². The summed E-state index contributed by atoms with van der Waals surface area (Å²) >= 11 is 0. The first-order valence-corrected chi connectivity index (χ1v) is 5.69. The van der Waals surface area contributed by atoms with Gasteiger partial charge in [-0.25, -0.2) is 0 Å². The molecule has 0 bridgehead atoms. The van der Waals surface area contributed by atoms with Crippen molar-refractivity contribution in [2.24, 2.45) is 5.92 Å². The summed E-state index contributed by atoms with van der Waals surface area (Å²) in [6.45, 7) is 0. The number of fused-ring (bicyclic) bond motifs is 1. The summed E-state index contributed by atoms with van der Waals surface area (Å²) in [6.07, 6.45) is 5.65. The Kier molecular flexibility index (Phi) is 1.87. The lowest BCUT2D eigenvalue weighted by atomic mass is 9.98. The maximum atomic E-state index is 10.8. The van der Waals surface area contributed by atoms with Crippen molar-refractivity contribution in [1.82, 2.24) is 4.98 Å². The molecule has 1 aromatic rings. The third-order valence-corrected chi connectivity index (χ3v) is 3.64. The van der Waals surface area contributed by atoms with Gasteiger partial charge in [-0.15, -0.1) is 0 Å². The summed E-state index contributed by atoms with van der Waals surface area (Å²) in [5, 5.41) is 8.87. The maximum absolute atomic E-state index is 10.8. The van der Waals surface area contributed by atoms with E-state index in [9.17, 15) is 4.79 Å². The zero-order chi connectivity index (χ0) is 10.4. The number of aromatic amines is 1. The van der Waals surface area contributed by atoms with Gasteiger partial charge in [-0.1, -0.05) is 0 Å². The lowest BCUT2D eigenvalue weighted by molar-refractivity contribution is -0.138. The van der Waals surface area contributed by atoms with Crippen molar-refractivity contribution in [2.75, 3.05) is 0 Å². The van der Waals surface area contributed by atoms with Crippen LogP contribution in [0, 0.1) is 5.92 Å². The van der Waals surface area contributed by atoms with Crippen LogP contribution in [-0.2, 0) is 17.6 Å². The molecule has 0 spiro atoms. The largest absolute Gasteiger partial charge is 0.481 e. The Balaban J connectivity index is 1.82. The predicted octanol–water partition coefficient (Wildman–Crippen LogP) is 2.08. The number of aliphatic carboxylic acids is 1. The standard InChI is InChI=1S/C12H15NO2/c14-12(15)9-6-8(9)11-5-7-3-1-2-4-10(7)13-11/h5,8-9,13H,1-4,6H2,(H,14,15)/t8-,9-/m1/s1. The molecular weight excluding hydrogens is 190 g/mol. The fraction of sp³-hybridized carbons (Fsp3) is 0.583. The average molecular weight is 205 g/mol. The first-order valence-electron chi connectivity index (χ1n) is 5.69. The van der Waals surface area contributed by atoms with Crippen molar-refractivity contribution >= 4 is 5.97 Å². The molecule has 3 rings (SSSR count). The molecule has 3 heteroatoms. The van der Waals surface area contributed by atoms with Gasteiger partial charge in [0, 0.05) is 17.3 Å². The maximum Gasteiger partial charge on any atom is 0.307 e. The molecule has 80 valence electrons. The van der Waals surface area contributed by atoms with Gasteiger partial charge < -0.3 is 10.1 Å². The van der Waals surface area contributed by atoms with Gasteiger partial charge in [-0.2, -0.15) is 0 Å². The number of rotatable bonds is 2. The van der Waals surface area contributed by atoms with Crippen LogP contribution in [-0.4, -0.2) is 16.1 Å². The number of H-pyrrole nitrogens is 1. The minimum Gasteiger partial charge on any atom is -0.481 e. The normalized spacial score (nSPS) is 28.5. The first kappa shape index (κ1) is 9.01. The number of aryl methyl sites for hydroxylation is 2.